The van der Waals surface area contributed by atoms with Crippen LogP contribution in [-0.2, 0) is 30.0 Å². The molecule has 1 spiro atoms. The van der Waals surface area contributed by atoms with Crippen molar-refractivity contribution < 1.29 is 42.3 Å². The average Bonchev–Trinajstić information content (AvgIpc) is 3.77. The number of alkyl halides is 2. The first-order valence-corrected chi connectivity index (χ1v) is 18.1. The molecule has 0 aliphatic carbocycles. The summed E-state index contributed by atoms with van der Waals surface area (Å²) in [7, 11) is -5.81. The molecule has 4 aliphatic heterocycles. The predicted molar refractivity (Wildman–Crippen MR) is 176 cm³/mol. The maximum absolute atomic E-state index is 14.4. The van der Waals surface area contributed by atoms with Crippen molar-refractivity contribution in [3.05, 3.63) is 77.4 Å². The Balaban J connectivity index is 1.12. The summed E-state index contributed by atoms with van der Waals surface area (Å²) < 4.78 is 40.3. The number of nitrogens with zero attached hydrogens (tertiary/aromatic N) is 3. The number of benzene rings is 3. The number of fused-ring (bicyclic) bond motifs is 4. The molecule has 5 atom stereocenters. The molecule has 0 aromatic heterocycles. The maximum atomic E-state index is 14.4. The highest BCUT2D eigenvalue weighted by Crippen LogP contribution is 2.59. The van der Waals surface area contributed by atoms with Crippen LogP contribution in [0.1, 0.15) is 60.0 Å². The molecule has 3 saturated heterocycles. The van der Waals surface area contributed by atoms with Gasteiger partial charge in [0.25, 0.3) is 5.91 Å². The van der Waals surface area contributed by atoms with Gasteiger partial charge in [-0.05, 0) is 66.3 Å². The number of rotatable bonds is 5. The number of nitriles is 1. The summed E-state index contributed by atoms with van der Waals surface area (Å²) in [5.74, 6) is -2.55. The standard InChI is InChI=1S/C35H34F2N5O7P/c36-35(37,50(47,48)49)23-12-11-20-9-10-21(15-22(20)16-23)30(43)39-28-8-3-1-5-25-13-14-29(42(25)31(28)44)32(45)41-18-24(17-38)34(19-41)26-6-2-4-7-27(26)40-33(34)46/h2,4,6-7,9-12,15-16,24-25,28-29H,1,3,5,8,13-14,18-19H2,(H,39,43)(H,40,46)(H2,47,48,49)/t24-,25+,28+,29+,34+/m1/s1. The number of amides is 4. The van der Waals surface area contributed by atoms with Gasteiger partial charge in [0.05, 0.1) is 12.0 Å². The number of nitrogens with one attached hydrogen (secondary N) is 2. The van der Waals surface area contributed by atoms with E-state index in [9.17, 15) is 37.8 Å². The van der Waals surface area contributed by atoms with E-state index in [1.165, 1.54) is 29.2 Å². The molecule has 50 heavy (non-hydrogen) atoms. The minimum atomic E-state index is -5.81. The highest BCUT2D eigenvalue weighted by atomic mass is 31.2. The predicted octanol–water partition coefficient (Wildman–Crippen LogP) is 3.97. The summed E-state index contributed by atoms with van der Waals surface area (Å²) in [5, 5.41) is 16.3. The monoisotopic (exact) mass is 705 g/mol. The van der Waals surface area contributed by atoms with Crippen molar-refractivity contribution in [2.24, 2.45) is 5.92 Å². The second-order valence-electron chi connectivity index (χ2n) is 13.5. The topological polar surface area (TPSA) is 180 Å². The van der Waals surface area contributed by atoms with E-state index in [2.05, 4.69) is 16.7 Å². The van der Waals surface area contributed by atoms with Crippen LogP contribution in [-0.4, -0.2) is 74.4 Å². The van der Waals surface area contributed by atoms with Crippen LogP contribution >= 0.6 is 7.60 Å². The Labute approximate surface area is 285 Å². The van der Waals surface area contributed by atoms with Crippen molar-refractivity contribution in [2.75, 3.05) is 18.4 Å². The Morgan fingerprint density at radius 3 is 2.50 bits per heavy atom. The van der Waals surface area contributed by atoms with E-state index in [1.54, 1.807) is 29.2 Å². The molecule has 3 aromatic rings. The Morgan fingerprint density at radius 1 is 1.00 bits per heavy atom. The molecule has 4 amide bonds. The molecule has 3 aromatic carbocycles. The van der Waals surface area contributed by atoms with Gasteiger partial charge in [-0.25, -0.2) is 0 Å². The smallest absolute Gasteiger partial charge is 0.340 e. The second kappa shape index (κ2) is 12.3. The van der Waals surface area contributed by atoms with Gasteiger partial charge >= 0.3 is 13.3 Å². The molecule has 0 radical (unpaired) electrons. The molecule has 260 valence electrons. The van der Waals surface area contributed by atoms with Crippen LogP contribution in [0.4, 0.5) is 14.5 Å². The zero-order valence-electron chi connectivity index (χ0n) is 26.7. The molecule has 0 bridgehead atoms. The van der Waals surface area contributed by atoms with Crippen LogP contribution < -0.4 is 10.6 Å². The zero-order chi connectivity index (χ0) is 35.6. The molecule has 4 aliphatic rings. The number of hydrogen-bond donors (Lipinski definition) is 4. The Kier molecular flexibility index (Phi) is 8.28. The summed E-state index contributed by atoms with van der Waals surface area (Å²) in [4.78, 5) is 76.7. The van der Waals surface area contributed by atoms with Gasteiger partial charge in [-0.3, -0.25) is 23.7 Å². The number of likely N-dealkylation sites (tertiary alicyclic amines) is 1. The average molecular weight is 706 g/mol. The van der Waals surface area contributed by atoms with E-state index in [0.717, 1.165) is 18.6 Å². The molecule has 12 nitrogen and oxygen atoms in total. The van der Waals surface area contributed by atoms with Crippen molar-refractivity contribution >= 4 is 47.7 Å². The van der Waals surface area contributed by atoms with Crippen molar-refractivity contribution in [2.45, 2.75) is 67.7 Å². The molecule has 7 rings (SSSR count). The molecule has 3 fully saturated rings. The fraction of sp³-hybridized carbons (Fsp3) is 0.400. The summed E-state index contributed by atoms with van der Waals surface area (Å²) in [6, 6.07) is 14.7. The normalized spacial score (nSPS) is 26.6. The molecular weight excluding hydrogens is 671 g/mol. The molecule has 0 saturated carbocycles. The summed E-state index contributed by atoms with van der Waals surface area (Å²) in [5.41, 5.74) is -5.22. The van der Waals surface area contributed by atoms with E-state index < -0.39 is 54.1 Å². The lowest BCUT2D eigenvalue weighted by molar-refractivity contribution is -0.146. The van der Waals surface area contributed by atoms with Crippen molar-refractivity contribution in [1.82, 2.24) is 15.1 Å². The molecule has 0 unspecified atom stereocenters. The van der Waals surface area contributed by atoms with Gasteiger partial charge in [0, 0.05) is 35.9 Å². The van der Waals surface area contributed by atoms with Crippen LogP contribution in [0.25, 0.3) is 10.8 Å². The van der Waals surface area contributed by atoms with E-state index >= 15 is 0 Å². The SMILES string of the molecule is N#C[C@@H]1CN(C(=O)[C@@H]2CC[C@@H]3CCCC[C@H](NC(=O)c4ccc5ccc(C(F)(F)P(=O)(O)O)cc5c4)C(=O)N32)C[C@]12C(=O)Nc1ccccc12. The lowest BCUT2D eigenvalue weighted by Gasteiger charge is -2.36. The summed E-state index contributed by atoms with van der Waals surface area (Å²) >= 11 is 0. The van der Waals surface area contributed by atoms with Crippen molar-refractivity contribution in [3.63, 3.8) is 0 Å². The van der Waals surface area contributed by atoms with Gasteiger partial charge in [0.2, 0.25) is 17.7 Å². The number of halogens is 2. The Hall–Kier alpha value is -4.70. The Bertz CT molecular complexity index is 2030. The first-order valence-electron chi connectivity index (χ1n) is 16.5. The number of para-hydroxylation sites is 1. The number of anilines is 1. The van der Waals surface area contributed by atoms with Gasteiger partial charge in [0.1, 0.15) is 17.5 Å². The van der Waals surface area contributed by atoms with Gasteiger partial charge < -0.3 is 30.2 Å². The fourth-order valence-corrected chi connectivity index (χ4v) is 8.59. The van der Waals surface area contributed by atoms with Gasteiger partial charge in [-0.2, -0.15) is 14.0 Å². The number of carbonyl (C=O) groups is 4. The third-order valence-corrected chi connectivity index (χ3v) is 11.7. The summed E-state index contributed by atoms with van der Waals surface area (Å²) in [6.07, 6.45) is 3.37. The van der Waals surface area contributed by atoms with Crippen molar-refractivity contribution in [3.8, 4) is 6.07 Å². The quantitative estimate of drug-likeness (QED) is 0.288. The highest BCUT2D eigenvalue weighted by molar-refractivity contribution is 7.52. The van der Waals surface area contributed by atoms with E-state index in [4.69, 9.17) is 9.79 Å². The molecule has 4 N–H and O–H groups in total. The first-order chi connectivity index (χ1) is 23.8. The number of carbonyl (C=O) groups excluding carboxylic acids is 4. The second-order valence-corrected chi connectivity index (χ2v) is 15.2. The lowest BCUT2D eigenvalue weighted by atomic mass is 9.74. The maximum Gasteiger partial charge on any atom is 0.399 e. The molecule has 15 heteroatoms. The van der Waals surface area contributed by atoms with Crippen LogP contribution in [0, 0.1) is 17.2 Å². The van der Waals surface area contributed by atoms with Gasteiger partial charge in [0.15, 0.2) is 0 Å². The first kappa shape index (κ1) is 33.8. The third kappa shape index (κ3) is 5.35. The fourth-order valence-electron chi connectivity index (χ4n) is 8.11. The van der Waals surface area contributed by atoms with Gasteiger partial charge in [-0.15, -0.1) is 0 Å². The minimum Gasteiger partial charge on any atom is -0.340 e. The van der Waals surface area contributed by atoms with Crippen LogP contribution in [0.2, 0.25) is 0 Å². The van der Waals surface area contributed by atoms with Crippen LogP contribution in [0.3, 0.4) is 0 Å². The lowest BCUT2D eigenvalue weighted by Crippen LogP contribution is -2.57. The summed E-state index contributed by atoms with van der Waals surface area (Å²) in [6.45, 7) is 0.0320. The largest absolute Gasteiger partial charge is 0.399 e. The minimum absolute atomic E-state index is 0.0000383. The number of hydrogen-bond acceptors (Lipinski definition) is 6. The zero-order valence-corrected chi connectivity index (χ0v) is 27.6. The van der Waals surface area contributed by atoms with Crippen LogP contribution in [0.5, 0.6) is 0 Å². The van der Waals surface area contributed by atoms with E-state index in [-0.39, 0.29) is 41.9 Å². The van der Waals surface area contributed by atoms with Crippen molar-refractivity contribution in [1.29, 1.82) is 5.26 Å². The van der Waals surface area contributed by atoms with E-state index in [1.807, 2.05) is 0 Å². The van der Waals surface area contributed by atoms with E-state index in [0.29, 0.717) is 48.7 Å². The molecule has 4 heterocycles. The third-order valence-electron chi connectivity index (χ3n) is 10.7. The van der Waals surface area contributed by atoms with Crippen LogP contribution in [0.15, 0.2) is 60.7 Å². The molecular formula is C35H34F2N5O7P. The highest BCUT2D eigenvalue weighted by Gasteiger charge is 2.60. The van der Waals surface area contributed by atoms with Gasteiger partial charge in [-0.1, -0.05) is 49.2 Å². The Morgan fingerprint density at radius 2 is 1.74 bits per heavy atom.